The SMILES string of the molecule is N#CC1(NC(=O)CCC(=O)c2ccccc2)CCSCC1. The van der Waals surface area contributed by atoms with Gasteiger partial charge in [-0.25, -0.2) is 0 Å². The first-order valence-corrected chi connectivity index (χ1v) is 8.19. The fraction of sp³-hybridized carbons (Fsp3) is 0.438. The third-order valence-corrected chi connectivity index (χ3v) is 4.60. The quantitative estimate of drug-likeness (QED) is 0.849. The highest BCUT2D eigenvalue weighted by Crippen LogP contribution is 2.26. The first kappa shape index (κ1) is 15.6. The third-order valence-electron chi connectivity index (χ3n) is 3.61. The van der Waals surface area contributed by atoms with Crippen molar-refractivity contribution in [2.24, 2.45) is 0 Å². The van der Waals surface area contributed by atoms with Gasteiger partial charge in [0.15, 0.2) is 5.78 Å². The molecule has 4 nitrogen and oxygen atoms in total. The van der Waals surface area contributed by atoms with E-state index in [2.05, 4.69) is 11.4 Å². The summed E-state index contributed by atoms with van der Waals surface area (Å²) in [6.45, 7) is 0. The van der Waals surface area contributed by atoms with Crippen molar-refractivity contribution in [3.63, 3.8) is 0 Å². The predicted molar refractivity (Wildman–Crippen MR) is 83.1 cm³/mol. The van der Waals surface area contributed by atoms with E-state index >= 15 is 0 Å². The number of nitrogens with zero attached hydrogens (tertiary/aromatic N) is 1. The van der Waals surface area contributed by atoms with Crippen LogP contribution in [0.15, 0.2) is 30.3 Å². The topological polar surface area (TPSA) is 70.0 Å². The summed E-state index contributed by atoms with van der Waals surface area (Å²) in [6.07, 6.45) is 1.65. The van der Waals surface area contributed by atoms with E-state index in [1.54, 1.807) is 36.0 Å². The van der Waals surface area contributed by atoms with Crippen molar-refractivity contribution in [1.82, 2.24) is 5.32 Å². The average Bonchev–Trinajstić information content (AvgIpc) is 2.54. The maximum Gasteiger partial charge on any atom is 0.221 e. The number of ketones is 1. The minimum atomic E-state index is -0.738. The summed E-state index contributed by atoms with van der Waals surface area (Å²) in [5, 5.41) is 12.1. The number of rotatable bonds is 5. The molecular weight excluding hydrogens is 284 g/mol. The molecule has 0 aliphatic carbocycles. The van der Waals surface area contributed by atoms with Gasteiger partial charge in [0.05, 0.1) is 6.07 Å². The van der Waals surface area contributed by atoms with Crippen LogP contribution >= 0.6 is 11.8 Å². The fourth-order valence-electron chi connectivity index (χ4n) is 2.31. The molecule has 0 atom stereocenters. The number of nitrogens with one attached hydrogen (secondary N) is 1. The second kappa shape index (κ2) is 7.28. The Bertz CT molecular complexity index is 545. The summed E-state index contributed by atoms with van der Waals surface area (Å²) in [4.78, 5) is 23.9. The highest BCUT2D eigenvalue weighted by molar-refractivity contribution is 7.99. The van der Waals surface area contributed by atoms with E-state index in [0.717, 1.165) is 11.5 Å². The Kier molecular flexibility index (Phi) is 5.40. The van der Waals surface area contributed by atoms with Gasteiger partial charge in [-0.1, -0.05) is 30.3 Å². The van der Waals surface area contributed by atoms with Crippen LogP contribution in [0.3, 0.4) is 0 Å². The maximum atomic E-state index is 12.0. The van der Waals surface area contributed by atoms with Gasteiger partial charge in [0, 0.05) is 18.4 Å². The van der Waals surface area contributed by atoms with Crippen LogP contribution in [0.25, 0.3) is 0 Å². The van der Waals surface area contributed by atoms with Gasteiger partial charge in [-0.05, 0) is 24.3 Å². The van der Waals surface area contributed by atoms with Gasteiger partial charge in [-0.3, -0.25) is 9.59 Å². The molecule has 1 aromatic carbocycles. The molecule has 0 unspecified atom stereocenters. The average molecular weight is 302 g/mol. The van der Waals surface area contributed by atoms with E-state index < -0.39 is 5.54 Å². The predicted octanol–water partition coefficient (Wildman–Crippen LogP) is 2.56. The molecule has 1 aliphatic rings. The van der Waals surface area contributed by atoms with E-state index in [1.807, 2.05) is 6.07 Å². The van der Waals surface area contributed by atoms with E-state index in [1.165, 1.54) is 0 Å². The standard InChI is InChI=1S/C16H18N2O2S/c17-12-16(8-10-21-11-9-16)18-15(20)7-6-14(19)13-4-2-1-3-5-13/h1-5H,6-11H2,(H,18,20). The van der Waals surface area contributed by atoms with Gasteiger partial charge in [0.1, 0.15) is 5.54 Å². The van der Waals surface area contributed by atoms with Crippen LogP contribution in [0.2, 0.25) is 0 Å². The van der Waals surface area contributed by atoms with Crippen molar-refractivity contribution >= 4 is 23.5 Å². The van der Waals surface area contributed by atoms with Crippen molar-refractivity contribution in [2.75, 3.05) is 11.5 Å². The van der Waals surface area contributed by atoms with Crippen LogP contribution in [0.5, 0.6) is 0 Å². The van der Waals surface area contributed by atoms with E-state index in [4.69, 9.17) is 0 Å². The van der Waals surface area contributed by atoms with Gasteiger partial charge >= 0.3 is 0 Å². The Morgan fingerprint density at radius 1 is 1.19 bits per heavy atom. The normalized spacial score (nSPS) is 16.7. The van der Waals surface area contributed by atoms with Crippen LogP contribution in [-0.4, -0.2) is 28.7 Å². The van der Waals surface area contributed by atoms with Crippen molar-refractivity contribution in [2.45, 2.75) is 31.2 Å². The molecule has 0 aromatic heterocycles. The Balaban J connectivity index is 1.85. The number of amides is 1. The summed E-state index contributed by atoms with van der Waals surface area (Å²) < 4.78 is 0. The molecule has 0 saturated carbocycles. The van der Waals surface area contributed by atoms with Crippen molar-refractivity contribution in [3.8, 4) is 6.07 Å². The fourth-order valence-corrected chi connectivity index (χ4v) is 3.50. The molecule has 1 amide bonds. The second-order valence-electron chi connectivity index (χ2n) is 5.14. The number of carbonyl (C=O) groups is 2. The summed E-state index contributed by atoms with van der Waals surface area (Å²) in [5.74, 6) is 1.51. The van der Waals surface area contributed by atoms with Gasteiger partial charge < -0.3 is 5.32 Å². The number of hydrogen-bond donors (Lipinski definition) is 1. The zero-order valence-electron chi connectivity index (χ0n) is 11.8. The first-order chi connectivity index (χ1) is 10.2. The molecule has 1 saturated heterocycles. The highest BCUT2D eigenvalue weighted by Gasteiger charge is 2.33. The summed E-state index contributed by atoms with van der Waals surface area (Å²) >= 11 is 1.80. The van der Waals surface area contributed by atoms with Crippen molar-refractivity contribution in [1.29, 1.82) is 5.26 Å². The lowest BCUT2D eigenvalue weighted by molar-refractivity contribution is -0.122. The summed E-state index contributed by atoms with van der Waals surface area (Å²) in [7, 11) is 0. The van der Waals surface area contributed by atoms with Crippen molar-refractivity contribution in [3.05, 3.63) is 35.9 Å². The molecule has 2 rings (SSSR count). The van der Waals surface area contributed by atoms with Crippen molar-refractivity contribution < 1.29 is 9.59 Å². The minimum absolute atomic E-state index is 0.0454. The van der Waals surface area contributed by atoms with Gasteiger partial charge in [0.25, 0.3) is 0 Å². The van der Waals surface area contributed by atoms with Gasteiger partial charge in [0.2, 0.25) is 5.91 Å². The second-order valence-corrected chi connectivity index (χ2v) is 6.37. The smallest absolute Gasteiger partial charge is 0.221 e. The van der Waals surface area contributed by atoms with Crippen LogP contribution in [0, 0.1) is 11.3 Å². The Morgan fingerprint density at radius 3 is 2.48 bits per heavy atom. The van der Waals surface area contributed by atoms with Crippen LogP contribution < -0.4 is 5.32 Å². The lowest BCUT2D eigenvalue weighted by atomic mass is 9.93. The number of thioether (sulfide) groups is 1. The lowest BCUT2D eigenvalue weighted by Crippen LogP contribution is -2.49. The molecule has 5 heteroatoms. The summed E-state index contributed by atoms with van der Waals surface area (Å²) in [6, 6.07) is 11.2. The third kappa shape index (κ3) is 4.33. The van der Waals surface area contributed by atoms with Crippen LogP contribution in [0.4, 0.5) is 0 Å². The number of hydrogen-bond acceptors (Lipinski definition) is 4. The maximum absolute atomic E-state index is 12.0. The first-order valence-electron chi connectivity index (χ1n) is 7.03. The zero-order chi connectivity index (χ0) is 15.1. The molecule has 21 heavy (non-hydrogen) atoms. The number of carbonyl (C=O) groups excluding carboxylic acids is 2. The molecule has 1 heterocycles. The molecule has 0 bridgehead atoms. The molecule has 1 N–H and O–H groups in total. The Morgan fingerprint density at radius 2 is 1.86 bits per heavy atom. The lowest BCUT2D eigenvalue weighted by Gasteiger charge is -2.31. The molecule has 0 radical (unpaired) electrons. The van der Waals surface area contributed by atoms with Gasteiger partial charge in [-0.15, -0.1) is 0 Å². The molecule has 1 fully saturated rings. The highest BCUT2D eigenvalue weighted by atomic mass is 32.2. The van der Waals surface area contributed by atoms with Crippen LogP contribution in [0.1, 0.15) is 36.0 Å². The molecule has 0 spiro atoms. The molecule has 110 valence electrons. The number of nitriles is 1. The molecule has 1 aromatic rings. The number of Topliss-reactive ketones (excluding diaryl/α,β-unsaturated/α-hetero) is 1. The van der Waals surface area contributed by atoms with E-state index in [0.29, 0.717) is 18.4 Å². The number of benzene rings is 1. The molecular formula is C16H18N2O2S. The minimum Gasteiger partial charge on any atom is -0.338 e. The molecule has 1 aliphatic heterocycles. The van der Waals surface area contributed by atoms with E-state index in [-0.39, 0.29) is 24.5 Å². The van der Waals surface area contributed by atoms with Gasteiger partial charge in [-0.2, -0.15) is 17.0 Å². The Labute approximate surface area is 128 Å². The summed E-state index contributed by atoms with van der Waals surface area (Å²) in [5.41, 5.74) is -0.118. The van der Waals surface area contributed by atoms with Crippen LogP contribution in [-0.2, 0) is 4.79 Å². The Hall–Kier alpha value is -1.80. The monoisotopic (exact) mass is 302 g/mol. The zero-order valence-corrected chi connectivity index (χ0v) is 12.6. The largest absolute Gasteiger partial charge is 0.338 e. The van der Waals surface area contributed by atoms with E-state index in [9.17, 15) is 14.9 Å².